The van der Waals surface area contributed by atoms with Crippen LogP contribution in [0.15, 0.2) is 40.5 Å². The molecule has 3 aromatic rings. The van der Waals surface area contributed by atoms with Crippen LogP contribution in [-0.4, -0.2) is 24.1 Å². The van der Waals surface area contributed by atoms with E-state index in [2.05, 4.69) is 16.0 Å². The number of nitrogens with zero attached hydrogens (tertiary/aromatic N) is 3. The average Bonchev–Trinajstić information content (AvgIpc) is 3.05. The molecule has 0 radical (unpaired) electrons. The first kappa shape index (κ1) is 16.0. The quantitative estimate of drug-likeness (QED) is 0.795. The largest absolute Gasteiger partial charge is 0.378 e. The van der Waals surface area contributed by atoms with Crippen LogP contribution in [-0.2, 0) is 0 Å². The molecule has 0 saturated heterocycles. The Hall–Kier alpha value is -2.91. The Kier molecular flexibility index (Phi) is 4.19. The third kappa shape index (κ3) is 2.94. The first-order valence-corrected chi connectivity index (χ1v) is 8.25. The van der Waals surface area contributed by atoms with Gasteiger partial charge in [-0.05, 0) is 25.1 Å². The summed E-state index contributed by atoms with van der Waals surface area (Å²) in [6.45, 7) is 1.81. The smallest absolute Gasteiger partial charge is 0.266 e. The van der Waals surface area contributed by atoms with Crippen LogP contribution < -0.4 is 10.5 Å². The predicted molar refractivity (Wildman–Crippen MR) is 97.4 cm³/mol. The SMILES string of the molecule is Cc1[nH]c(=O)c(C#N)cc1-c1csc(-c2cccc(N(C)C)c2)n1. The lowest BCUT2D eigenvalue weighted by Crippen LogP contribution is -2.12. The third-order valence-corrected chi connectivity index (χ3v) is 4.64. The van der Waals surface area contributed by atoms with Gasteiger partial charge in [0.25, 0.3) is 5.56 Å². The molecular weight excluding hydrogens is 320 g/mol. The highest BCUT2D eigenvalue weighted by atomic mass is 32.1. The minimum Gasteiger partial charge on any atom is -0.378 e. The molecule has 2 aromatic heterocycles. The van der Waals surface area contributed by atoms with E-state index in [4.69, 9.17) is 5.26 Å². The number of hydrogen-bond acceptors (Lipinski definition) is 5. The Bertz CT molecular complexity index is 995. The molecule has 0 saturated carbocycles. The van der Waals surface area contributed by atoms with Gasteiger partial charge < -0.3 is 9.88 Å². The van der Waals surface area contributed by atoms with Crippen LogP contribution in [0.25, 0.3) is 21.8 Å². The maximum absolute atomic E-state index is 11.7. The van der Waals surface area contributed by atoms with E-state index >= 15 is 0 Å². The molecule has 0 aliphatic rings. The molecule has 0 amide bonds. The second kappa shape index (κ2) is 6.30. The van der Waals surface area contributed by atoms with E-state index in [9.17, 15) is 4.79 Å². The molecule has 0 bridgehead atoms. The van der Waals surface area contributed by atoms with Crippen molar-refractivity contribution < 1.29 is 0 Å². The summed E-state index contributed by atoms with van der Waals surface area (Å²) in [7, 11) is 4.00. The maximum atomic E-state index is 11.7. The predicted octanol–water partition coefficient (Wildman–Crippen LogP) is 3.41. The van der Waals surface area contributed by atoms with E-state index in [1.54, 1.807) is 6.07 Å². The molecule has 2 heterocycles. The summed E-state index contributed by atoms with van der Waals surface area (Å²) in [5, 5.41) is 11.9. The van der Waals surface area contributed by atoms with Crippen molar-refractivity contribution >= 4 is 17.0 Å². The van der Waals surface area contributed by atoms with Gasteiger partial charge in [-0.1, -0.05) is 12.1 Å². The van der Waals surface area contributed by atoms with E-state index in [0.29, 0.717) is 5.69 Å². The van der Waals surface area contributed by atoms with Crippen LogP contribution in [0.5, 0.6) is 0 Å². The number of benzene rings is 1. The van der Waals surface area contributed by atoms with Crippen LogP contribution in [0.3, 0.4) is 0 Å². The number of aromatic amines is 1. The second-order valence-electron chi connectivity index (χ2n) is 5.65. The number of hydrogen-bond donors (Lipinski definition) is 1. The van der Waals surface area contributed by atoms with Gasteiger partial charge in [-0.2, -0.15) is 5.26 Å². The molecule has 0 aliphatic heterocycles. The van der Waals surface area contributed by atoms with Gasteiger partial charge >= 0.3 is 0 Å². The molecule has 0 unspecified atom stereocenters. The van der Waals surface area contributed by atoms with E-state index in [1.165, 1.54) is 11.3 Å². The number of rotatable bonds is 3. The van der Waals surface area contributed by atoms with E-state index < -0.39 is 0 Å². The summed E-state index contributed by atoms with van der Waals surface area (Å²) in [6, 6.07) is 11.7. The van der Waals surface area contributed by atoms with Gasteiger partial charge in [-0.15, -0.1) is 11.3 Å². The molecule has 3 rings (SSSR count). The molecule has 24 heavy (non-hydrogen) atoms. The first-order valence-electron chi connectivity index (χ1n) is 7.37. The van der Waals surface area contributed by atoms with E-state index in [-0.39, 0.29) is 11.1 Å². The lowest BCUT2D eigenvalue weighted by molar-refractivity contribution is 1.12. The maximum Gasteiger partial charge on any atom is 0.266 e. The molecule has 0 spiro atoms. The molecule has 0 fully saturated rings. The van der Waals surface area contributed by atoms with Crippen molar-refractivity contribution in [3.8, 4) is 27.9 Å². The fourth-order valence-electron chi connectivity index (χ4n) is 2.42. The van der Waals surface area contributed by atoms with Crippen LogP contribution in [0.2, 0.25) is 0 Å². The number of nitriles is 1. The molecular formula is C18H16N4OS. The molecule has 5 nitrogen and oxygen atoms in total. The fourth-order valence-corrected chi connectivity index (χ4v) is 3.24. The third-order valence-electron chi connectivity index (χ3n) is 3.75. The van der Waals surface area contributed by atoms with Crippen molar-refractivity contribution in [3.63, 3.8) is 0 Å². The van der Waals surface area contributed by atoms with Gasteiger partial charge in [0.15, 0.2) is 0 Å². The second-order valence-corrected chi connectivity index (χ2v) is 6.50. The van der Waals surface area contributed by atoms with Crippen LogP contribution in [0.4, 0.5) is 5.69 Å². The van der Waals surface area contributed by atoms with Gasteiger partial charge in [-0.3, -0.25) is 4.79 Å². The number of H-pyrrole nitrogens is 1. The van der Waals surface area contributed by atoms with Crippen LogP contribution in [0.1, 0.15) is 11.3 Å². The highest BCUT2D eigenvalue weighted by molar-refractivity contribution is 7.13. The van der Waals surface area contributed by atoms with Crippen LogP contribution in [0, 0.1) is 18.3 Å². The Morgan fingerprint density at radius 2 is 2.08 bits per heavy atom. The number of anilines is 1. The molecule has 120 valence electrons. The molecule has 1 N–H and O–H groups in total. The lowest BCUT2D eigenvalue weighted by Gasteiger charge is -2.12. The van der Waals surface area contributed by atoms with Crippen molar-refractivity contribution in [2.24, 2.45) is 0 Å². The summed E-state index contributed by atoms with van der Waals surface area (Å²) < 4.78 is 0. The zero-order valence-corrected chi connectivity index (χ0v) is 14.4. The summed E-state index contributed by atoms with van der Waals surface area (Å²) in [6.07, 6.45) is 0. The van der Waals surface area contributed by atoms with Crippen molar-refractivity contribution in [1.82, 2.24) is 9.97 Å². The average molecular weight is 336 g/mol. The normalized spacial score (nSPS) is 10.4. The Balaban J connectivity index is 2.05. The molecule has 0 atom stereocenters. The van der Waals surface area contributed by atoms with Gasteiger partial charge in [0.2, 0.25) is 0 Å². The van der Waals surface area contributed by atoms with Crippen molar-refractivity contribution in [1.29, 1.82) is 5.26 Å². The topological polar surface area (TPSA) is 72.8 Å². The molecule has 0 aliphatic carbocycles. The highest BCUT2D eigenvalue weighted by Gasteiger charge is 2.12. The Morgan fingerprint density at radius 1 is 1.29 bits per heavy atom. The zero-order chi connectivity index (χ0) is 17.3. The standard InChI is InChI=1S/C18H16N4OS/c1-11-15(8-13(9-19)17(23)20-11)16-10-24-18(21-16)12-5-4-6-14(7-12)22(2)3/h4-8,10H,1-3H3,(H,20,23). The zero-order valence-electron chi connectivity index (χ0n) is 13.6. The van der Waals surface area contributed by atoms with Gasteiger partial charge in [-0.25, -0.2) is 4.98 Å². The van der Waals surface area contributed by atoms with Gasteiger partial charge in [0, 0.05) is 42.0 Å². The number of aryl methyl sites for hydroxylation is 1. The number of nitrogens with one attached hydrogen (secondary N) is 1. The van der Waals surface area contributed by atoms with E-state index in [1.807, 2.05) is 55.6 Å². The highest BCUT2D eigenvalue weighted by Crippen LogP contribution is 2.31. The number of pyridine rings is 1. The van der Waals surface area contributed by atoms with Crippen molar-refractivity contribution in [2.75, 3.05) is 19.0 Å². The summed E-state index contributed by atoms with van der Waals surface area (Å²) >= 11 is 1.54. The Labute approximate surface area is 143 Å². The first-order chi connectivity index (χ1) is 11.5. The van der Waals surface area contributed by atoms with E-state index in [0.717, 1.165) is 27.5 Å². The van der Waals surface area contributed by atoms with Crippen molar-refractivity contribution in [2.45, 2.75) is 6.92 Å². The number of aromatic nitrogens is 2. The summed E-state index contributed by atoms with van der Waals surface area (Å²) in [5.74, 6) is 0. The molecule has 1 aromatic carbocycles. The number of thiazole rings is 1. The Morgan fingerprint density at radius 3 is 2.79 bits per heavy atom. The molecule has 6 heteroatoms. The summed E-state index contributed by atoms with van der Waals surface area (Å²) in [5.41, 5.74) is 4.12. The van der Waals surface area contributed by atoms with Gasteiger partial charge in [0.1, 0.15) is 16.6 Å². The van der Waals surface area contributed by atoms with Crippen molar-refractivity contribution in [3.05, 3.63) is 57.3 Å². The van der Waals surface area contributed by atoms with Crippen LogP contribution >= 0.6 is 11.3 Å². The monoisotopic (exact) mass is 336 g/mol. The minimum absolute atomic E-state index is 0.0970. The van der Waals surface area contributed by atoms with Gasteiger partial charge in [0.05, 0.1) is 5.69 Å². The lowest BCUT2D eigenvalue weighted by atomic mass is 10.1. The fraction of sp³-hybridized carbons (Fsp3) is 0.167. The minimum atomic E-state index is -0.368. The summed E-state index contributed by atoms with van der Waals surface area (Å²) in [4.78, 5) is 21.1.